The number of ether oxygens (including phenoxy) is 3. The molecule has 0 heterocycles. The Morgan fingerprint density at radius 2 is 0.733 bits per heavy atom. The first kappa shape index (κ1) is 56.3. The average Bonchev–Trinajstić information content (AvgIpc) is 3.24. The summed E-state index contributed by atoms with van der Waals surface area (Å²) in [5.41, 5.74) is 0. The van der Waals surface area contributed by atoms with E-state index in [1.807, 2.05) is 24.3 Å². The maximum atomic E-state index is 12.7. The van der Waals surface area contributed by atoms with Crippen LogP contribution in [0.4, 0.5) is 0 Å². The van der Waals surface area contributed by atoms with Crippen molar-refractivity contribution in [3.63, 3.8) is 0 Å². The second kappa shape index (κ2) is 48.0. The smallest absolute Gasteiger partial charge is 0.306 e. The summed E-state index contributed by atoms with van der Waals surface area (Å²) in [7, 11) is 0. The van der Waals surface area contributed by atoms with Crippen LogP contribution in [-0.2, 0) is 28.6 Å². The summed E-state index contributed by atoms with van der Waals surface area (Å²) in [6.07, 6.45) is 62.5. The van der Waals surface area contributed by atoms with Crippen LogP contribution in [0.3, 0.4) is 0 Å². The zero-order valence-corrected chi connectivity index (χ0v) is 38.7. The topological polar surface area (TPSA) is 78.9 Å². The number of allylic oxidation sites excluding steroid dienone is 16. The van der Waals surface area contributed by atoms with Crippen molar-refractivity contribution in [2.75, 3.05) is 13.2 Å². The zero-order valence-electron chi connectivity index (χ0n) is 38.7. The first-order chi connectivity index (χ1) is 29.5. The van der Waals surface area contributed by atoms with Crippen LogP contribution in [0, 0.1) is 0 Å². The van der Waals surface area contributed by atoms with Crippen LogP contribution in [0.5, 0.6) is 0 Å². The van der Waals surface area contributed by atoms with Crippen molar-refractivity contribution < 1.29 is 28.6 Å². The van der Waals surface area contributed by atoms with E-state index < -0.39 is 6.10 Å². The second-order valence-electron chi connectivity index (χ2n) is 15.7. The third kappa shape index (κ3) is 45.4. The Morgan fingerprint density at radius 3 is 1.27 bits per heavy atom. The van der Waals surface area contributed by atoms with Crippen molar-refractivity contribution in [3.8, 4) is 0 Å². The summed E-state index contributed by atoms with van der Waals surface area (Å²) in [5, 5.41) is 0. The molecule has 0 aliphatic rings. The fourth-order valence-electron chi connectivity index (χ4n) is 6.27. The van der Waals surface area contributed by atoms with Crippen molar-refractivity contribution in [2.45, 2.75) is 213 Å². The Kier molecular flexibility index (Phi) is 45.1. The molecule has 60 heavy (non-hydrogen) atoms. The molecule has 0 saturated carbocycles. The number of unbranched alkanes of at least 4 members (excludes halogenated alkanes) is 18. The third-order valence-corrected chi connectivity index (χ3v) is 9.92. The van der Waals surface area contributed by atoms with Gasteiger partial charge in [0.25, 0.3) is 0 Å². The van der Waals surface area contributed by atoms with Crippen molar-refractivity contribution >= 4 is 17.9 Å². The van der Waals surface area contributed by atoms with Gasteiger partial charge in [-0.1, -0.05) is 208 Å². The standard InChI is InChI=1S/C54H88O6/c1-4-7-10-13-16-19-22-24-26-27-29-30-32-35-38-41-44-47-53(56)59-50-51(49-58-52(55)46-43-40-37-34-21-18-15-12-9-6-3)60-54(57)48-45-42-39-36-33-31-28-25-23-20-17-14-11-8-5-2/h8,11,14,16-17,19-20,23-26,28-30,35,38,51H,4-7,9-10,12-13,15,18,21-22,27,31-34,36-37,39-50H2,1-3H3/b11-8-,17-14-,19-16-,23-20-,26-24-,28-25-,30-29-,38-35-. The number of carbonyl (C=O) groups is 3. The maximum Gasteiger partial charge on any atom is 0.306 e. The SMILES string of the molecule is CC\C=C/C=C\C=C/C=C\CCCCCCCC(=O)OC(COC(=O)CCC/C=C\C/C=C\C/C=C\C/C=C\CCCCC)COC(=O)CCCCCCCCCCCC. The highest BCUT2D eigenvalue weighted by atomic mass is 16.6. The number of esters is 3. The van der Waals surface area contributed by atoms with Crippen LogP contribution < -0.4 is 0 Å². The van der Waals surface area contributed by atoms with E-state index in [2.05, 4.69) is 93.7 Å². The van der Waals surface area contributed by atoms with Crippen molar-refractivity contribution in [2.24, 2.45) is 0 Å². The van der Waals surface area contributed by atoms with Gasteiger partial charge in [0, 0.05) is 19.3 Å². The fourth-order valence-corrected chi connectivity index (χ4v) is 6.27. The second-order valence-corrected chi connectivity index (χ2v) is 15.7. The first-order valence-corrected chi connectivity index (χ1v) is 24.3. The number of hydrogen-bond acceptors (Lipinski definition) is 6. The average molecular weight is 833 g/mol. The molecule has 0 bridgehead atoms. The van der Waals surface area contributed by atoms with Crippen molar-refractivity contribution in [1.29, 1.82) is 0 Å². The molecular weight excluding hydrogens is 745 g/mol. The normalized spacial score (nSPS) is 12.9. The molecule has 0 radical (unpaired) electrons. The summed E-state index contributed by atoms with van der Waals surface area (Å²) in [6, 6.07) is 0. The van der Waals surface area contributed by atoms with Crippen LogP contribution in [0.15, 0.2) is 97.2 Å². The highest BCUT2D eigenvalue weighted by Crippen LogP contribution is 2.13. The van der Waals surface area contributed by atoms with Gasteiger partial charge < -0.3 is 14.2 Å². The van der Waals surface area contributed by atoms with Gasteiger partial charge in [-0.15, -0.1) is 0 Å². The monoisotopic (exact) mass is 833 g/mol. The molecular formula is C54H88O6. The summed E-state index contributed by atoms with van der Waals surface area (Å²) < 4.78 is 16.7. The third-order valence-electron chi connectivity index (χ3n) is 9.92. The van der Waals surface area contributed by atoms with E-state index >= 15 is 0 Å². The molecule has 0 N–H and O–H groups in total. The first-order valence-electron chi connectivity index (χ1n) is 24.3. The molecule has 0 saturated heterocycles. The lowest BCUT2D eigenvalue weighted by Crippen LogP contribution is -2.30. The largest absolute Gasteiger partial charge is 0.462 e. The summed E-state index contributed by atoms with van der Waals surface area (Å²) >= 11 is 0. The highest BCUT2D eigenvalue weighted by Gasteiger charge is 2.19. The molecule has 0 spiro atoms. The van der Waals surface area contributed by atoms with E-state index in [4.69, 9.17) is 14.2 Å². The summed E-state index contributed by atoms with van der Waals surface area (Å²) in [4.78, 5) is 37.8. The predicted octanol–water partition coefficient (Wildman–Crippen LogP) is 15.8. The Hall–Kier alpha value is -3.67. The molecule has 0 aromatic heterocycles. The van der Waals surface area contributed by atoms with Crippen LogP contribution in [0.2, 0.25) is 0 Å². The van der Waals surface area contributed by atoms with Gasteiger partial charge in [-0.2, -0.15) is 0 Å². The Balaban J connectivity index is 4.51. The highest BCUT2D eigenvalue weighted by molar-refractivity contribution is 5.71. The summed E-state index contributed by atoms with van der Waals surface area (Å²) in [5.74, 6) is -0.994. The molecule has 0 aliphatic carbocycles. The molecule has 1 atom stereocenters. The maximum absolute atomic E-state index is 12.7. The molecule has 0 fully saturated rings. The fraction of sp³-hybridized carbons (Fsp3) is 0.648. The van der Waals surface area contributed by atoms with E-state index in [0.717, 1.165) is 89.9 Å². The number of hydrogen-bond donors (Lipinski definition) is 0. The lowest BCUT2D eigenvalue weighted by Gasteiger charge is -2.18. The molecule has 1 unspecified atom stereocenters. The van der Waals surface area contributed by atoms with Gasteiger partial charge in [0.1, 0.15) is 13.2 Å². The number of carbonyl (C=O) groups excluding carboxylic acids is 3. The van der Waals surface area contributed by atoms with Gasteiger partial charge in [0.05, 0.1) is 0 Å². The van der Waals surface area contributed by atoms with Crippen molar-refractivity contribution in [3.05, 3.63) is 97.2 Å². The molecule has 0 rings (SSSR count). The molecule has 6 nitrogen and oxygen atoms in total. The lowest BCUT2D eigenvalue weighted by molar-refractivity contribution is -0.167. The van der Waals surface area contributed by atoms with Gasteiger partial charge in [-0.05, 0) is 77.0 Å². The zero-order chi connectivity index (χ0) is 43.7. The quantitative estimate of drug-likeness (QED) is 0.0200. The van der Waals surface area contributed by atoms with Crippen LogP contribution in [0.25, 0.3) is 0 Å². The van der Waals surface area contributed by atoms with Crippen LogP contribution in [-0.4, -0.2) is 37.2 Å². The van der Waals surface area contributed by atoms with E-state index in [1.165, 1.54) is 70.6 Å². The molecule has 340 valence electrons. The minimum absolute atomic E-state index is 0.104. The molecule has 0 amide bonds. The minimum Gasteiger partial charge on any atom is -0.462 e. The number of rotatable bonds is 42. The molecule has 0 aliphatic heterocycles. The van der Waals surface area contributed by atoms with E-state index in [9.17, 15) is 14.4 Å². The van der Waals surface area contributed by atoms with Crippen LogP contribution >= 0.6 is 0 Å². The Labute approximate surface area is 368 Å². The Bertz CT molecular complexity index is 1230. The van der Waals surface area contributed by atoms with Gasteiger partial charge in [-0.25, -0.2) is 0 Å². The molecule has 0 aromatic rings. The van der Waals surface area contributed by atoms with E-state index in [0.29, 0.717) is 12.8 Å². The minimum atomic E-state index is -0.809. The van der Waals surface area contributed by atoms with Gasteiger partial charge >= 0.3 is 17.9 Å². The molecule has 0 aromatic carbocycles. The lowest BCUT2D eigenvalue weighted by atomic mass is 10.1. The van der Waals surface area contributed by atoms with Crippen LogP contribution in [0.1, 0.15) is 207 Å². The Morgan fingerprint density at radius 1 is 0.367 bits per heavy atom. The van der Waals surface area contributed by atoms with E-state index in [-0.39, 0.29) is 44.0 Å². The van der Waals surface area contributed by atoms with E-state index in [1.54, 1.807) is 0 Å². The van der Waals surface area contributed by atoms with Gasteiger partial charge in [0.2, 0.25) is 0 Å². The molecule has 6 heteroatoms. The van der Waals surface area contributed by atoms with Crippen molar-refractivity contribution in [1.82, 2.24) is 0 Å². The summed E-state index contributed by atoms with van der Waals surface area (Å²) in [6.45, 7) is 6.37. The van der Waals surface area contributed by atoms with Gasteiger partial charge in [-0.3, -0.25) is 14.4 Å². The predicted molar refractivity (Wildman–Crippen MR) is 256 cm³/mol. The van der Waals surface area contributed by atoms with Gasteiger partial charge in [0.15, 0.2) is 6.10 Å².